The molecule has 0 unspecified atom stereocenters. The van der Waals surface area contributed by atoms with Crippen LogP contribution in [0.1, 0.15) is 20.3 Å². The smallest absolute Gasteiger partial charge is 0.119 e. The topological polar surface area (TPSA) is 46.2 Å². The molecular weight excluding hydrogens is 138 g/mol. The van der Waals surface area contributed by atoms with Crippen molar-refractivity contribution in [1.82, 2.24) is 0 Å². The molecule has 0 bridgehead atoms. The van der Waals surface area contributed by atoms with Crippen LogP contribution in [0.2, 0.25) is 0 Å². The van der Waals surface area contributed by atoms with Crippen molar-refractivity contribution in [3.63, 3.8) is 0 Å². The summed E-state index contributed by atoms with van der Waals surface area (Å²) in [6.07, 6.45) is 3.90. The van der Waals surface area contributed by atoms with E-state index in [9.17, 15) is 5.11 Å². The Morgan fingerprint density at radius 1 is 1.64 bits per heavy atom. The van der Waals surface area contributed by atoms with Crippen LogP contribution < -0.4 is 5.73 Å². The third kappa shape index (κ3) is 2.94. The Kier molecular flexibility index (Phi) is 4.11. The summed E-state index contributed by atoms with van der Waals surface area (Å²) in [6, 6.07) is 0. The second-order valence-electron chi connectivity index (χ2n) is 2.32. The summed E-state index contributed by atoms with van der Waals surface area (Å²) >= 11 is 0. The number of aliphatic hydroxyl groups is 1. The van der Waals surface area contributed by atoms with Gasteiger partial charge in [-0.15, -0.1) is 6.58 Å². The minimum absolute atomic E-state index is 0.190. The average molecular weight is 153 g/mol. The maximum Gasteiger partial charge on any atom is 0.119 e. The molecule has 0 aromatic rings. The Morgan fingerprint density at radius 3 is 2.55 bits per heavy atom. The lowest BCUT2D eigenvalue weighted by Gasteiger charge is -2.03. The van der Waals surface area contributed by atoms with Gasteiger partial charge in [-0.25, -0.2) is 0 Å². The van der Waals surface area contributed by atoms with E-state index in [1.807, 2.05) is 19.9 Å². The number of aliphatic hydroxyl groups excluding tert-OH is 1. The molecule has 0 aliphatic carbocycles. The van der Waals surface area contributed by atoms with Crippen LogP contribution in [0.3, 0.4) is 0 Å². The Labute approximate surface area is 67.7 Å². The molecule has 0 heterocycles. The number of hydrogen-bond acceptors (Lipinski definition) is 2. The summed E-state index contributed by atoms with van der Waals surface area (Å²) < 4.78 is 0. The van der Waals surface area contributed by atoms with Crippen molar-refractivity contribution in [2.24, 2.45) is 5.73 Å². The zero-order chi connectivity index (χ0) is 8.85. The van der Waals surface area contributed by atoms with Crippen molar-refractivity contribution in [2.75, 3.05) is 0 Å². The van der Waals surface area contributed by atoms with E-state index in [2.05, 4.69) is 6.58 Å². The summed E-state index contributed by atoms with van der Waals surface area (Å²) in [5, 5.41) is 9.26. The molecule has 0 saturated heterocycles. The molecule has 2 nitrogen and oxygen atoms in total. The van der Waals surface area contributed by atoms with Gasteiger partial charge in [-0.1, -0.05) is 12.2 Å². The summed E-state index contributed by atoms with van der Waals surface area (Å²) in [4.78, 5) is 0. The van der Waals surface area contributed by atoms with Crippen LogP contribution in [0.4, 0.5) is 0 Å². The largest absolute Gasteiger partial charge is 0.510 e. The van der Waals surface area contributed by atoms with Gasteiger partial charge in [0, 0.05) is 6.42 Å². The lowest BCUT2D eigenvalue weighted by molar-refractivity contribution is 0.394. The van der Waals surface area contributed by atoms with E-state index in [4.69, 9.17) is 5.73 Å². The SMILES string of the molecule is C=CC/C(O)=C(N)\C(C)=C\C. The van der Waals surface area contributed by atoms with Crippen LogP contribution in [-0.2, 0) is 0 Å². The second-order valence-corrected chi connectivity index (χ2v) is 2.32. The van der Waals surface area contributed by atoms with Gasteiger partial charge >= 0.3 is 0 Å². The van der Waals surface area contributed by atoms with Gasteiger partial charge in [0.2, 0.25) is 0 Å². The summed E-state index contributed by atoms with van der Waals surface area (Å²) in [6.45, 7) is 7.23. The van der Waals surface area contributed by atoms with Gasteiger partial charge in [-0.2, -0.15) is 0 Å². The van der Waals surface area contributed by atoms with E-state index < -0.39 is 0 Å². The first-order valence-corrected chi connectivity index (χ1v) is 3.55. The lowest BCUT2D eigenvalue weighted by atomic mass is 10.1. The summed E-state index contributed by atoms with van der Waals surface area (Å²) in [5.41, 5.74) is 6.92. The molecule has 0 rings (SSSR count). The first-order valence-electron chi connectivity index (χ1n) is 3.55. The molecule has 0 fully saturated rings. The molecule has 0 spiro atoms. The van der Waals surface area contributed by atoms with Crippen LogP contribution in [0, 0.1) is 0 Å². The Hall–Kier alpha value is -1.18. The third-order valence-electron chi connectivity index (χ3n) is 1.51. The molecule has 0 aliphatic heterocycles. The molecule has 0 atom stereocenters. The molecule has 2 heteroatoms. The molecule has 0 radical (unpaired) electrons. The summed E-state index contributed by atoms with van der Waals surface area (Å²) in [7, 11) is 0. The van der Waals surface area contributed by atoms with Crippen LogP contribution >= 0.6 is 0 Å². The van der Waals surface area contributed by atoms with E-state index in [0.29, 0.717) is 12.1 Å². The van der Waals surface area contributed by atoms with Crippen molar-refractivity contribution >= 4 is 0 Å². The van der Waals surface area contributed by atoms with Gasteiger partial charge in [0.1, 0.15) is 5.76 Å². The highest BCUT2D eigenvalue weighted by molar-refractivity contribution is 5.28. The Bertz CT molecular complexity index is 202. The summed E-state index contributed by atoms with van der Waals surface area (Å²) in [5.74, 6) is 0.190. The molecule has 0 aliphatic rings. The van der Waals surface area contributed by atoms with Gasteiger partial charge < -0.3 is 10.8 Å². The van der Waals surface area contributed by atoms with E-state index in [1.165, 1.54) is 0 Å². The molecular formula is C9H15NO. The van der Waals surface area contributed by atoms with Gasteiger partial charge in [0.05, 0.1) is 5.70 Å². The number of rotatable bonds is 3. The Morgan fingerprint density at radius 2 is 2.18 bits per heavy atom. The van der Waals surface area contributed by atoms with Gasteiger partial charge in [-0.05, 0) is 19.4 Å². The normalized spacial score (nSPS) is 14.2. The number of nitrogens with two attached hydrogens (primary N) is 1. The highest BCUT2D eigenvalue weighted by Gasteiger charge is 1.99. The van der Waals surface area contributed by atoms with Crippen LogP contribution in [0.15, 0.2) is 35.8 Å². The first kappa shape index (κ1) is 9.82. The van der Waals surface area contributed by atoms with Crippen molar-refractivity contribution < 1.29 is 5.11 Å². The fourth-order valence-electron chi connectivity index (χ4n) is 0.630. The molecule has 0 amide bonds. The van der Waals surface area contributed by atoms with E-state index >= 15 is 0 Å². The Balaban J connectivity index is 4.51. The highest BCUT2D eigenvalue weighted by Crippen LogP contribution is 2.09. The van der Waals surface area contributed by atoms with Crippen LogP contribution in [0.25, 0.3) is 0 Å². The number of hydrogen-bond donors (Lipinski definition) is 2. The standard InChI is InChI=1S/C9H15NO/c1-4-6-8(11)9(10)7(3)5-2/h4-5,11H,1,6,10H2,2-3H3/b7-5+,9-8-. The maximum absolute atomic E-state index is 9.26. The highest BCUT2D eigenvalue weighted by atomic mass is 16.3. The zero-order valence-corrected chi connectivity index (χ0v) is 7.09. The molecule has 62 valence electrons. The maximum atomic E-state index is 9.26. The molecule has 3 N–H and O–H groups in total. The minimum Gasteiger partial charge on any atom is -0.510 e. The quantitative estimate of drug-likeness (QED) is 0.371. The third-order valence-corrected chi connectivity index (χ3v) is 1.51. The molecule has 0 aromatic heterocycles. The second kappa shape index (κ2) is 4.61. The van der Waals surface area contributed by atoms with Crippen molar-refractivity contribution in [3.05, 3.63) is 35.8 Å². The predicted octanol–water partition coefficient (Wildman–Crippen LogP) is 2.26. The van der Waals surface area contributed by atoms with Crippen molar-refractivity contribution in [1.29, 1.82) is 0 Å². The van der Waals surface area contributed by atoms with E-state index in [0.717, 1.165) is 5.57 Å². The molecule has 0 saturated carbocycles. The predicted molar refractivity (Wildman–Crippen MR) is 48.1 cm³/mol. The number of allylic oxidation sites excluding steroid dienone is 3. The van der Waals surface area contributed by atoms with E-state index in [1.54, 1.807) is 6.08 Å². The first-order chi connectivity index (χ1) is 5.13. The molecule has 11 heavy (non-hydrogen) atoms. The van der Waals surface area contributed by atoms with Gasteiger partial charge in [-0.3, -0.25) is 0 Å². The van der Waals surface area contributed by atoms with Gasteiger partial charge in [0.25, 0.3) is 0 Å². The average Bonchev–Trinajstić information content (AvgIpc) is 2.02. The molecule has 0 aromatic carbocycles. The van der Waals surface area contributed by atoms with E-state index in [-0.39, 0.29) is 5.76 Å². The van der Waals surface area contributed by atoms with Crippen LogP contribution in [-0.4, -0.2) is 5.11 Å². The van der Waals surface area contributed by atoms with Crippen molar-refractivity contribution in [3.8, 4) is 0 Å². The minimum atomic E-state index is 0.190. The monoisotopic (exact) mass is 153 g/mol. The fourth-order valence-corrected chi connectivity index (χ4v) is 0.630. The lowest BCUT2D eigenvalue weighted by Crippen LogP contribution is -2.03. The zero-order valence-electron chi connectivity index (χ0n) is 7.09. The van der Waals surface area contributed by atoms with Crippen LogP contribution in [0.5, 0.6) is 0 Å². The fraction of sp³-hybridized carbons (Fsp3) is 0.333. The van der Waals surface area contributed by atoms with Crippen molar-refractivity contribution in [2.45, 2.75) is 20.3 Å². The van der Waals surface area contributed by atoms with Gasteiger partial charge in [0.15, 0.2) is 0 Å².